The Labute approximate surface area is 139 Å². The third kappa shape index (κ3) is 3.26. The summed E-state index contributed by atoms with van der Waals surface area (Å²) in [4.78, 5) is 16.7. The number of fused-ring (bicyclic) bond motifs is 1. The van der Waals surface area contributed by atoms with Crippen LogP contribution in [0.5, 0.6) is 0 Å². The number of nitrogens with one attached hydrogen (secondary N) is 1. The molecule has 0 aliphatic rings. The first-order chi connectivity index (χ1) is 10.0. The van der Waals surface area contributed by atoms with Gasteiger partial charge in [-0.25, -0.2) is 4.98 Å². The van der Waals surface area contributed by atoms with E-state index in [2.05, 4.69) is 26.2 Å². The van der Waals surface area contributed by atoms with E-state index in [4.69, 9.17) is 11.6 Å². The van der Waals surface area contributed by atoms with Crippen molar-refractivity contribution in [2.45, 2.75) is 6.92 Å². The van der Waals surface area contributed by atoms with Gasteiger partial charge in [-0.15, -0.1) is 0 Å². The summed E-state index contributed by atoms with van der Waals surface area (Å²) in [5, 5.41) is 4.05. The maximum atomic E-state index is 12.3. The number of thiazole rings is 1. The van der Waals surface area contributed by atoms with Crippen molar-refractivity contribution in [1.29, 1.82) is 0 Å². The highest BCUT2D eigenvalue weighted by Gasteiger charge is 2.11. The zero-order valence-electron chi connectivity index (χ0n) is 11.0. The average Bonchev–Trinajstić information content (AvgIpc) is 2.78. The van der Waals surface area contributed by atoms with E-state index in [1.165, 1.54) is 11.3 Å². The Morgan fingerprint density at radius 2 is 2.10 bits per heavy atom. The molecule has 106 valence electrons. The molecule has 0 saturated carbocycles. The Hall–Kier alpha value is -1.43. The molecule has 1 heterocycles. The fraction of sp³-hybridized carbons (Fsp3) is 0.0667. The van der Waals surface area contributed by atoms with Gasteiger partial charge in [-0.3, -0.25) is 10.1 Å². The van der Waals surface area contributed by atoms with Crippen LogP contribution in [0.15, 0.2) is 40.9 Å². The van der Waals surface area contributed by atoms with Crippen molar-refractivity contribution in [1.82, 2.24) is 4.98 Å². The monoisotopic (exact) mass is 380 g/mol. The molecule has 6 heteroatoms. The first-order valence-electron chi connectivity index (χ1n) is 6.16. The Balaban J connectivity index is 1.88. The summed E-state index contributed by atoms with van der Waals surface area (Å²) in [7, 11) is 0. The van der Waals surface area contributed by atoms with Gasteiger partial charge < -0.3 is 0 Å². The molecule has 0 aliphatic heterocycles. The van der Waals surface area contributed by atoms with Gasteiger partial charge in [0.25, 0.3) is 5.91 Å². The third-order valence-electron chi connectivity index (χ3n) is 2.88. The molecule has 0 radical (unpaired) electrons. The molecule has 0 spiro atoms. The smallest absolute Gasteiger partial charge is 0.257 e. The standard InChI is InChI=1S/C15H10BrClN2OS/c1-8-4-9(6-10(16)5-8)14(20)19-15-18-12-3-2-11(17)7-13(12)21-15/h2-7H,1H3,(H,18,19,20). The summed E-state index contributed by atoms with van der Waals surface area (Å²) in [6, 6.07) is 11.0. The molecule has 0 atom stereocenters. The third-order valence-corrected chi connectivity index (χ3v) is 4.50. The van der Waals surface area contributed by atoms with Gasteiger partial charge in [0.2, 0.25) is 0 Å². The molecular formula is C15H10BrClN2OS. The summed E-state index contributed by atoms with van der Waals surface area (Å²) in [6.07, 6.45) is 0. The summed E-state index contributed by atoms with van der Waals surface area (Å²) in [5.74, 6) is -0.176. The van der Waals surface area contributed by atoms with Crippen molar-refractivity contribution in [3.63, 3.8) is 0 Å². The normalized spacial score (nSPS) is 10.8. The summed E-state index contributed by atoms with van der Waals surface area (Å²) in [5.41, 5.74) is 2.44. The van der Waals surface area contributed by atoms with E-state index >= 15 is 0 Å². The lowest BCUT2D eigenvalue weighted by Crippen LogP contribution is -2.11. The molecule has 0 unspecified atom stereocenters. The van der Waals surface area contributed by atoms with Crippen molar-refractivity contribution in [2.24, 2.45) is 0 Å². The number of hydrogen-bond donors (Lipinski definition) is 1. The number of carbonyl (C=O) groups is 1. The number of halogens is 2. The van der Waals surface area contributed by atoms with Crippen LogP contribution in [-0.4, -0.2) is 10.9 Å². The van der Waals surface area contributed by atoms with Crippen molar-refractivity contribution < 1.29 is 4.79 Å². The topological polar surface area (TPSA) is 42.0 Å². The number of aromatic nitrogens is 1. The van der Waals surface area contributed by atoms with Crippen molar-refractivity contribution in [3.05, 3.63) is 57.0 Å². The number of nitrogens with zero attached hydrogens (tertiary/aromatic N) is 1. The van der Waals surface area contributed by atoms with Crippen LogP contribution in [0.2, 0.25) is 5.02 Å². The number of amides is 1. The lowest BCUT2D eigenvalue weighted by molar-refractivity contribution is 0.102. The van der Waals surface area contributed by atoms with Crippen molar-refractivity contribution in [2.75, 3.05) is 5.32 Å². The van der Waals surface area contributed by atoms with Crippen LogP contribution in [0, 0.1) is 6.92 Å². The van der Waals surface area contributed by atoms with E-state index in [1.54, 1.807) is 12.1 Å². The molecule has 3 aromatic rings. The predicted octanol–water partition coefficient (Wildman–Crippen LogP) is 5.27. The van der Waals surface area contributed by atoms with Crippen LogP contribution in [0.4, 0.5) is 5.13 Å². The van der Waals surface area contributed by atoms with Crippen molar-refractivity contribution >= 4 is 60.1 Å². The van der Waals surface area contributed by atoms with E-state index in [0.717, 1.165) is 20.3 Å². The molecule has 1 aromatic heterocycles. The number of aryl methyl sites for hydroxylation is 1. The summed E-state index contributed by atoms with van der Waals surface area (Å²) < 4.78 is 1.83. The summed E-state index contributed by atoms with van der Waals surface area (Å²) >= 11 is 10.7. The molecule has 21 heavy (non-hydrogen) atoms. The minimum Gasteiger partial charge on any atom is -0.298 e. The minimum absolute atomic E-state index is 0.176. The van der Waals surface area contributed by atoms with Crippen LogP contribution < -0.4 is 5.32 Å². The number of rotatable bonds is 2. The van der Waals surface area contributed by atoms with E-state index in [1.807, 2.05) is 31.2 Å². The quantitative estimate of drug-likeness (QED) is 0.657. The fourth-order valence-corrected chi connectivity index (χ4v) is 3.73. The molecular weight excluding hydrogens is 372 g/mol. The first kappa shape index (κ1) is 14.5. The molecule has 1 N–H and O–H groups in total. The summed E-state index contributed by atoms with van der Waals surface area (Å²) in [6.45, 7) is 1.95. The molecule has 3 nitrogen and oxygen atoms in total. The largest absolute Gasteiger partial charge is 0.298 e. The zero-order chi connectivity index (χ0) is 15.0. The Kier molecular flexibility index (Phi) is 3.97. The van der Waals surface area contributed by atoms with Gasteiger partial charge in [-0.05, 0) is 48.9 Å². The van der Waals surface area contributed by atoms with Crippen LogP contribution in [-0.2, 0) is 0 Å². The Morgan fingerprint density at radius 3 is 2.86 bits per heavy atom. The lowest BCUT2D eigenvalue weighted by Gasteiger charge is -2.03. The maximum Gasteiger partial charge on any atom is 0.257 e. The molecule has 2 aromatic carbocycles. The number of anilines is 1. The van der Waals surface area contributed by atoms with Gasteiger partial charge in [0.05, 0.1) is 10.2 Å². The van der Waals surface area contributed by atoms with Gasteiger partial charge in [-0.1, -0.05) is 38.9 Å². The van der Waals surface area contributed by atoms with E-state index in [0.29, 0.717) is 15.7 Å². The second kappa shape index (κ2) is 5.75. The van der Waals surface area contributed by atoms with Gasteiger partial charge in [0, 0.05) is 15.1 Å². The number of benzene rings is 2. The number of hydrogen-bond acceptors (Lipinski definition) is 3. The van der Waals surface area contributed by atoms with E-state index in [-0.39, 0.29) is 5.91 Å². The maximum absolute atomic E-state index is 12.3. The molecule has 0 bridgehead atoms. The molecule has 3 rings (SSSR count). The molecule has 0 saturated heterocycles. The van der Waals surface area contributed by atoms with Crippen LogP contribution in [0.3, 0.4) is 0 Å². The highest BCUT2D eigenvalue weighted by Crippen LogP contribution is 2.28. The first-order valence-corrected chi connectivity index (χ1v) is 8.15. The SMILES string of the molecule is Cc1cc(Br)cc(C(=O)Nc2nc3ccc(Cl)cc3s2)c1. The molecule has 1 amide bonds. The zero-order valence-corrected chi connectivity index (χ0v) is 14.1. The highest BCUT2D eigenvalue weighted by molar-refractivity contribution is 9.10. The lowest BCUT2D eigenvalue weighted by atomic mass is 10.1. The Bertz CT molecular complexity index is 827. The van der Waals surface area contributed by atoms with Gasteiger partial charge >= 0.3 is 0 Å². The minimum atomic E-state index is -0.176. The van der Waals surface area contributed by atoms with Crippen LogP contribution >= 0.6 is 38.9 Å². The highest BCUT2D eigenvalue weighted by atomic mass is 79.9. The molecule has 0 aliphatic carbocycles. The van der Waals surface area contributed by atoms with E-state index in [9.17, 15) is 4.79 Å². The molecule has 0 fully saturated rings. The second-order valence-electron chi connectivity index (χ2n) is 4.60. The predicted molar refractivity (Wildman–Crippen MR) is 91.5 cm³/mol. The van der Waals surface area contributed by atoms with Crippen LogP contribution in [0.25, 0.3) is 10.2 Å². The Morgan fingerprint density at radius 1 is 1.29 bits per heavy atom. The van der Waals surface area contributed by atoms with E-state index < -0.39 is 0 Å². The number of carbonyl (C=O) groups excluding carboxylic acids is 1. The van der Waals surface area contributed by atoms with Crippen molar-refractivity contribution in [3.8, 4) is 0 Å². The van der Waals surface area contributed by atoms with Gasteiger partial charge in [0.1, 0.15) is 0 Å². The van der Waals surface area contributed by atoms with Gasteiger partial charge in [0.15, 0.2) is 5.13 Å². The second-order valence-corrected chi connectivity index (χ2v) is 6.99. The fourth-order valence-electron chi connectivity index (χ4n) is 1.99. The average molecular weight is 382 g/mol. The van der Waals surface area contributed by atoms with Crippen LogP contribution in [0.1, 0.15) is 15.9 Å². The van der Waals surface area contributed by atoms with Gasteiger partial charge in [-0.2, -0.15) is 0 Å².